The second-order valence-electron chi connectivity index (χ2n) is 4.52. The van der Waals surface area contributed by atoms with Gasteiger partial charge in [0.05, 0.1) is 10.4 Å². The quantitative estimate of drug-likeness (QED) is 0.441. The lowest BCUT2D eigenvalue weighted by atomic mass is 9.77. The van der Waals surface area contributed by atoms with Crippen LogP contribution in [0.1, 0.15) is 27.7 Å². The van der Waals surface area contributed by atoms with Crippen molar-refractivity contribution in [3.8, 4) is 0 Å². The summed E-state index contributed by atoms with van der Waals surface area (Å²) in [6, 6.07) is 6.48. The van der Waals surface area contributed by atoms with Crippen LogP contribution < -0.4 is 5.46 Å². The van der Waals surface area contributed by atoms with Crippen molar-refractivity contribution in [2.45, 2.75) is 39.9 Å². The van der Waals surface area contributed by atoms with E-state index < -0.39 is 12.0 Å². The van der Waals surface area contributed by atoms with Crippen LogP contribution in [0.25, 0.3) is 0 Å². The highest BCUT2D eigenvalue weighted by Crippen LogP contribution is 2.11. The molecule has 98 valence electrons. The molecule has 0 heterocycles. The van der Waals surface area contributed by atoms with Crippen LogP contribution in [0.3, 0.4) is 0 Å². The number of nitrogens with zero attached hydrogens (tertiary/aromatic N) is 1. The number of nitro benzene ring substituents is 1. The molecule has 1 rings (SSSR count). The Balaban J connectivity index is 3.07. The highest BCUT2D eigenvalue weighted by molar-refractivity contribution is 6.62. The monoisotopic (exact) mass is 251 g/mol. The zero-order valence-electron chi connectivity index (χ0n) is 11.1. The van der Waals surface area contributed by atoms with E-state index >= 15 is 0 Å². The van der Waals surface area contributed by atoms with Gasteiger partial charge in [-0.1, -0.05) is 18.2 Å². The van der Waals surface area contributed by atoms with Gasteiger partial charge in [-0.2, -0.15) is 0 Å². The number of nitro groups is 1. The molecule has 0 atom stereocenters. The van der Waals surface area contributed by atoms with E-state index in [4.69, 9.17) is 9.31 Å². The van der Waals surface area contributed by atoms with E-state index in [0.717, 1.165) is 0 Å². The van der Waals surface area contributed by atoms with Crippen LogP contribution in [0.15, 0.2) is 24.3 Å². The van der Waals surface area contributed by atoms with E-state index in [9.17, 15) is 10.1 Å². The lowest BCUT2D eigenvalue weighted by Crippen LogP contribution is -2.41. The minimum atomic E-state index is -0.716. The lowest BCUT2D eigenvalue weighted by molar-refractivity contribution is -0.383. The van der Waals surface area contributed by atoms with Crippen LogP contribution in [0, 0.1) is 10.1 Å². The Kier molecular flexibility index (Phi) is 5.31. The molecule has 0 saturated carbocycles. The van der Waals surface area contributed by atoms with Gasteiger partial charge in [0, 0.05) is 18.3 Å². The smallest absolute Gasteiger partial charge is 0.405 e. The minimum Gasteiger partial charge on any atom is -0.405 e. The predicted octanol–water partition coefficient (Wildman–Crippen LogP) is 2.14. The molecule has 0 spiro atoms. The molecular weight excluding hydrogens is 233 g/mol. The molecule has 0 aliphatic rings. The molecular formula is C12H18BNO4. The Morgan fingerprint density at radius 1 is 1.11 bits per heavy atom. The largest absolute Gasteiger partial charge is 0.501 e. The maximum absolute atomic E-state index is 11.0. The maximum atomic E-state index is 11.0. The minimum absolute atomic E-state index is 0.0174. The van der Waals surface area contributed by atoms with Crippen LogP contribution in [-0.2, 0) is 9.31 Å². The molecule has 0 aliphatic carbocycles. The van der Waals surface area contributed by atoms with Gasteiger partial charge in [-0.05, 0) is 27.7 Å². The molecule has 0 bridgehead atoms. The van der Waals surface area contributed by atoms with Crippen molar-refractivity contribution in [1.29, 1.82) is 0 Å². The van der Waals surface area contributed by atoms with Crippen molar-refractivity contribution < 1.29 is 14.2 Å². The molecule has 0 radical (unpaired) electrons. The third kappa shape index (κ3) is 4.12. The molecule has 6 heteroatoms. The van der Waals surface area contributed by atoms with E-state index in [1.807, 2.05) is 27.7 Å². The Labute approximate surface area is 107 Å². The average Bonchev–Trinajstić information content (AvgIpc) is 2.26. The molecule has 0 aliphatic heterocycles. The molecule has 0 aromatic heterocycles. The van der Waals surface area contributed by atoms with Gasteiger partial charge >= 0.3 is 7.12 Å². The topological polar surface area (TPSA) is 61.6 Å². The summed E-state index contributed by atoms with van der Waals surface area (Å²) in [5.74, 6) is 0. The molecule has 0 unspecified atom stereocenters. The SMILES string of the molecule is CC(C)OB(OC(C)C)c1ccccc1[N+](=O)[O-]. The van der Waals surface area contributed by atoms with Crippen molar-refractivity contribution in [3.05, 3.63) is 34.4 Å². The van der Waals surface area contributed by atoms with Gasteiger partial charge in [0.2, 0.25) is 0 Å². The first-order valence-electron chi connectivity index (χ1n) is 5.96. The molecule has 1 aromatic rings. The second kappa shape index (κ2) is 6.51. The second-order valence-corrected chi connectivity index (χ2v) is 4.52. The summed E-state index contributed by atoms with van der Waals surface area (Å²) in [5.41, 5.74) is 0.466. The molecule has 0 saturated heterocycles. The molecule has 1 aromatic carbocycles. The summed E-state index contributed by atoms with van der Waals surface area (Å²) >= 11 is 0. The number of hydrogen-bond donors (Lipinski definition) is 0. The summed E-state index contributed by atoms with van der Waals surface area (Å²) in [6.07, 6.45) is -0.151. The Morgan fingerprint density at radius 3 is 2.06 bits per heavy atom. The summed E-state index contributed by atoms with van der Waals surface area (Å²) in [6.45, 7) is 7.47. The fourth-order valence-electron chi connectivity index (χ4n) is 1.53. The van der Waals surface area contributed by atoms with Gasteiger partial charge in [0.1, 0.15) is 0 Å². The van der Waals surface area contributed by atoms with Crippen molar-refractivity contribution in [3.63, 3.8) is 0 Å². The Morgan fingerprint density at radius 2 is 1.61 bits per heavy atom. The van der Waals surface area contributed by atoms with Crippen molar-refractivity contribution in [2.75, 3.05) is 0 Å². The summed E-state index contributed by atoms with van der Waals surface area (Å²) in [7, 11) is -0.716. The van der Waals surface area contributed by atoms with E-state index in [1.54, 1.807) is 18.2 Å². The summed E-state index contributed by atoms with van der Waals surface area (Å²) < 4.78 is 11.2. The fourth-order valence-corrected chi connectivity index (χ4v) is 1.53. The number of para-hydroxylation sites is 1. The summed E-state index contributed by atoms with van der Waals surface area (Å²) in [5, 5.41) is 11.0. The maximum Gasteiger partial charge on any atom is 0.501 e. The zero-order valence-corrected chi connectivity index (χ0v) is 11.1. The van der Waals surface area contributed by atoms with Crippen molar-refractivity contribution in [1.82, 2.24) is 0 Å². The van der Waals surface area contributed by atoms with E-state index in [1.165, 1.54) is 6.07 Å². The lowest BCUT2D eigenvalue weighted by Gasteiger charge is -2.19. The average molecular weight is 251 g/mol. The number of rotatable bonds is 6. The highest BCUT2D eigenvalue weighted by Gasteiger charge is 2.31. The van der Waals surface area contributed by atoms with Crippen molar-refractivity contribution in [2.24, 2.45) is 0 Å². The first-order chi connectivity index (χ1) is 8.41. The fraction of sp³-hybridized carbons (Fsp3) is 0.500. The molecule has 0 fully saturated rings. The van der Waals surface area contributed by atoms with Crippen LogP contribution in [-0.4, -0.2) is 24.2 Å². The first kappa shape index (κ1) is 14.7. The van der Waals surface area contributed by atoms with Gasteiger partial charge in [-0.3, -0.25) is 10.1 Å². The van der Waals surface area contributed by atoms with Crippen LogP contribution in [0.5, 0.6) is 0 Å². The highest BCUT2D eigenvalue weighted by atomic mass is 16.6. The predicted molar refractivity (Wildman–Crippen MR) is 70.9 cm³/mol. The standard InChI is InChI=1S/C12H18BNO4/c1-9(2)17-13(18-10(3)4)11-7-5-6-8-12(11)14(15)16/h5-10H,1-4H3. The van der Waals surface area contributed by atoms with Crippen LogP contribution >= 0.6 is 0 Å². The number of benzene rings is 1. The van der Waals surface area contributed by atoms with E-state index in [2.05, 4.69) is 0 Å². The normalized spacial score (nSPS) is 11.0. The number of hydrogen-bond acceptors (Lipinski definition) is 4. The van der Waals surface area contributed by atoms with Gasteiger partial charge in [0.25, 0.3) is 5.69 Å². The van der Waals surface area contributed by atoms with Crippen LogP contribution in [0.4, 0.5) is 5.69 Å². The molecule has 18 heavy (non-hydrogen) atoms. The first-order valence-corrected chi connectivity index (χ1v) is 5.96. The van der Waals surface area contributed by atoms with E-state index in [-0.39, 0.29) is 17.9 Å². The molecule has 5 nitrogen and oxygen atoms in total. The zero-order chi connectivity index (χ0) is 13.7. The third-order valence-corrected chi connectivity index (χ3v) is 2.18. The van der Waals surface area contributed by atoms with Gasteiger partial charge in [-0.15, -0.1) is 0 Å². The molecule has 0 N–H and O–H groups in total. The Hall–Kier alpha value is -1.40. The molecule has 0 amide bonds. The van der Waals surface area contributed by atoms with Gasteiger partial charge in [0.15, 0.2) is 0 Å². The third-order valence-electron chi connectivity index (χ3n) is 2.18. The van der Waals surface area contributed by atoms with Crippen molar-refractivity contribution >= 4 is 18.3 Å². The summed E-state index contributed by atoms with van der Waals surface area (Å²) in [4.78, 5) is 10.6. The van der Waals surface area contributed by atoms with E-state index in [0.29, 0.717) is 5.46 Å². The van der Waals surface area contributed by atoms with Gasteiger partial charge in [-0.25, -0.2) is 0 Å². The van der Waals surface area contributed by atoms with Gasteiger partial charge < -0.3 is 9.31 Å². The Bertz CT molecular complexity index is 399. The van der Waals surface area contributed by atoms with Crippen LogP contribution in [0.2, 0.25) is 0 Å².